The predicted octanol–water partition coefficient (Wildman–Crippen LogP) is 3.36. The number of hydrogen-bond donors (Lipinski definition) is 1. The standard InChI is InChI=1S/C17H19N5O3S2/c1-3-11-5-7-12(8-6-11)24-9-14-19-22-17(25-14)26-10-13(23)18-16-21-20-15(4-2)27-16/h5-8H,3-4,9-10H2,1-2H3,(H,18,21,23). The third kappa shape index (κ3) is 5.76. The lowest BCUT2D eigenvalue weighted by atomic mass is 10.2. The molecule has 142 valence electrons. The van der Waals surface area contributed by atoms with Gasteiger partial charge in [0.05, 0.1) is 5.75 Å². The van der Waals surface area contributed by atoms with Crippen LogP contribution in [0, 0.1) is 0 Å². The number of rotatable bonds is 9. The molecule has 0 atom stereocenters. The van der Waals surface area contributed by atoms with Crippen molar-refractivity contribution in [3.63, 3.8) is 0 Å². The molecule has 0 radical (unpaired) electrons. The Labute approximate surface area is 164 Å². The van der Waals surface area contributed by atoms with Crippen LogP contribution in [0.2, 0.25) is 0 Å². The van der Waals surface area contributed by atoms with Gasteiger partial charge in [0.2, 0.25) is 11.0 Å². The van der Waals surface area contributed by atoms with Crippen molar-refractivity contribution in [2.45, 2.75) is 38.5 Å². The lowest BCUT2D eigenvalue weighted by molar-refractivity contribution is -0.113. The highest BCUT2D eigenvalue weighted by atomic mass is 32.2. The Balaban J connectivity index is 1.43. The Morgan fingerprint density at radius 1 is 1.15 bits per heavy atom. The van der Waals surface area contributed by atoms with Crippen molar-refractivity contribution in [3.05, 3.63) is 40.7 Å². The first-order valence-corrected chi connectivity index (χ1v) is 10.3. The Morgan fingerprint density at radius 2 is 1.96 bits per heavy atom. The van der Waals surface area contributed by atoms with Crippen LogP contribution in [0.25, 0.3) is 0 Å². The Hall–Kier alpha value is -2.46. The molecule has 0 aliphatic rings. The van der Waals surface area contributed by atoms with Crippen LogP contribution in [-0.4, -0.2) is 32.1 Å². The molecule has 0 aliphatic carbocycles. The molecule has 1 N–H and O–H groups in total. The van der Waals surface area contributed by atoms with Crippen molar-refractivity contribution in [1.82, 2.24) is 20.4 Å². The van der Waals surface area contributed by atoms with E-state index in [9.17, 15) is 4.79 Å². The molecule has 2 aromatic heterocycles. The molecule has 0 fully saturated rings. The number of carbonyl (C=O) groups is 1. The summed E-state index contributed by atoms with van der Waals surface area (Å²) in [5.74, 6) is 1.03. The van der Waals surface area contributed by atoms with Crippen LogP contribution in [-0.2, 0) is 24.2 Å². The number of nitrogens with zero attached hydrogens (tertiary/aromatic N) is 4. The lowest BCUT2D eigenvalue weighted by Crippen LogP contribution is -2.13. The summed E-state index contributed by atoms with van der Waals surface area (Å²) in [5, 5.41) is 20.1. The summed E-state index contributed by atoms with van der Waals surface area (Å²) < 4.78 is 11.1. The fourth-order valence-electron chi connectivity index (χ4n) is 2.05. The number of nitrogens with one attached hydrogen (secondary N) is 1. The average molecular weight is 406 g/mol. The molecule has 0 aliphatic heterocycles. The Kier molecular flexibility index (Phi) is 6.77. The Bertz CT molecular complexity index is 879. The van der Waals surface area contributed by atoms with E-state index in [0.717, 1.165) is 35.4 Å². The van der Waals surface area contributed by atoms with E-state index in [2.05, 4.69) is 32.6 Å². The van der Waals surface area contributed by atoms with Gasteiger partial charge in [-0.25, -0.2) is 0 Å². The summed E-state index contributed by atoms with van der Waals surface area (Å²) in [6.07, 6.45) is 1.77. The zero-order valence-corrected chi connectivity index (χ0v) is 16.6. The van der Waals surface area contributed by atoms with Crippen molar-refractivity contribution in [3.8, 4) is 5.75 Å². The highest BCUT2D eigenvalue weighted by molar-refractivity contribution is 7.99. The molecule has 1 amide bonds. The molecule has 1 aromatic carbocycles. The molecule has 8 nitrogen and oxygen atoms in total. The quantitative estimate of drug-likeness (QED) is 0.541. The van der Waals surface area contributed by atoms with Crippen molar-refractivity contribution < 1.29 is 13.9 Å². The number of anilines is 1. The van der Waals surface area contributed by atoms with Gasteiger partial charge >= 0.3 is 0 Å². The molecule has 0 unspecified atom stereocenters. The highest BCUT2D eigenvalue weighted by Crippen LogP contribution is 2.20. The van der Waals surface area contributed by atoms with E-state index in [-0.39, 0.29) is 18.3 Å². The minimum Gasteiger partial charge on any atom is -0.484 e. The van der Waals surface area contributed by atoms with Crippen molar-refractivity contribution in [1.29, 1.82) is 0 Å². The molecule has 0 saturated heterocycles. The molecular formula is C17H19N5O3S2. The fourth-order valence-corrected chi connectivity index (χ4v) is 3.33. The number of amides is 1. The van der Waals surface area contributed by atoms with Crippen molar-refractivity contribution in [2.24, 2.45) is 0 Å². The molecule has 3 rings (SSSR count). The topological polar surface area (TPSA) is 103 Å². The number of thioether (sulfide) groups is 1. The summed E-state index contributed by atoms with van der Waals surface area (Å²) in [4.78, 5) is 11.9. The summed E-state index contributed by atoms with van der Waals surface area (Å²) in [5.41, 5.74) is 1.25. The van der Waals surface area contributed by atoms with Crippen LogP contribution in [0.5, 0.6) is 5.75 Å². The van der Waals surface area contributed by atoms with Crippen LogP contribution >= 0.6 is 23.1 Å². The van der Waals surface area contributed by atoms with E-state index in [1.165, 1.54) is 16.9 Å². The van der Waals surface area contributed by atoms with Crippen molar-refractivity contribution in [2.75, 3.05) is 11.1 Å². The highest BCUT2D eigenvalue weighted by Gasteiger charge is 2.12. The minimum absolute atomic E-state index is 0.141. The van der Waals surface area contributed by atoms with Gasteiger partial charge in [0.1, 0.15) is 10.8 Å². The van der Waals surface area contributed by atoms with Gasteiger partial charge in [-0.2, -0.15) is 0 Å². The number of benzene rings is 1. The zero-order valence-electron chi connectivity index (χ0n) is 15.0. The molecular weight excluding hydrogens is 386 g/mol. The normalized spacial score (nSPS) is 10.7. The van der Waals surface area contributed by atoms with Gasteiger partial charge < -0.3 is 9.15 Å². The number of ether oxygens (including phenoxy) is 1. The first-order chi connectivity index (χ1) is 13.2. The van der Waals surface area contributed by atoms with E-state index in [1.807, 2.05) is 31.2 Å². The first kappa shape index (κ1) is 19.3. The SMILES string of the molecule is CCc1ccc(OCc2nnc(SCC(=O)Nc3nnc(CC)s3)o2)cc1. The van der Waals surface area contributed by atoms with E-state index in [4.69, 9.17) is 9.15 Å². The van der Waals surface area contributed by atoms with Crippen LogP contribution < -0.4 is 10.1 Å². The molecule has 0 saturated carbocycles. The molecule has 3 aromatic rings. The van der Waals surface area contributed by atoms with Gasteiger partial charge in [0.15, 0.2) is 6.61 Å². The number of carbonyl (C=O) groups excluding carboxylic acids is 1. The maximum Gasteiger partial charge on any atom is 0.277 e. The van der Waals surface area contributed by atoms with E-state index in [1.54, 1.807) is 0 Å². The van der Waals surface area contributed by atoms with Crippen LogP contribution in [0.3, 0.4) is 0 Å². The second kappa shape index (κ2) is 9.47. The molecule has 0 bridgehead atoms. The predicted molar refractivity (Wildman–Crippen MR) is 103 cm³/mol. The van der Waals surface area contributed by atoms with Crippen molar-refractivity contribution >= 4 is 34.1 Å². The summed E-state index contributed by atoms with van der Waals surface area (Å²) >= 11 is 2.52. The summed E-state index contributed by atoms with van der Waals surface area (Å²) in [7, 11) is 0. The maximum atomic E-state index is 11.9. The Morgan fingerprint density at radius 3 is 2.67 bits per heavy atom. The van der Waals surface area contributed by atoms with Crippen LogP contribution in [0.15, 0.2) is 33.9 Å². The second-order valence-electron chi connectivity index (χ2n) is 5.44. The number of hydrogen-bond acceptors (Lipinski definition) is 9. The van der Waals surface area contributed by atoms with Gasteiger partial charge in [-0.05, 0) is 30.5 Å². The second-order valence-corrected chi connectivity index (χ2v) is 7.43. The largest absolute Gasteiger partial charge is 0.484 e. The average Bonchev–Trinajstić information content (AvgIpc) is 3.34. The summed E-state index contributed by atoms with van der Waals surface area (Å²) in [6, 6.07) is 7.86. The summed E-state index contributed by atoms with van der Waals surface area (Å²) in [6.45, 7) is 4.26. The lowest BCUT2D eigenvalue weighted by Gasteiger charge is -2.03. The van der Waals surface area contributed by atoms with Gasteiger partial charge in [0.25, 0.3) is 11.1 Å². The minimum atomic E-state index is -0.203. The van der Waals surface area contributed by atoms with Gasteiger partial charge in [-0.15, -0.1) is 20.4 Å². The van der Waals surface area contributed by atoms with Gasteiger partial charge in [0, 0.05) is 0 Å². The van der Waals surface area contributed by atoms with Crippen LogP contribution in [0.1, 0.15) is 30.3 Å². The zero-order chi connectivity index (χ0) is 19.1. The monoisotopic (exact) mass is 405 g/mol. The number of aryl methyl sites for hydroxylation is 2. The van der Waals surface area contributed by atoms with E-state index < -0.39 is 0 Å². The van der Waals surface area contributed by atoms with Gasteiger partial charge in [-0.3, -0.25) is 10.1 Å². The van der Waals surface area contributed by atoms with E-state index >= 15 is 0 Å². The first-order valence-electron chi connectivity index (χ1n) is 8.45. The molecule has 10 heteroatoms. The van der Waals surface area contributed by atoms with E-state index in [0.29, 0.717) is 16.2 Å². The molecule has 2 heterocycles. The molecule has 27 heavy (non-hydrogen) atoms. The third-order valence-electron chi connectivity index (χ3n) is 3.48. The smallest absolute Gasteiger partial charge is 0.277 e. The van der Waals surface area contributed by atoms with Gasteiger partial charge in [-0.1, -0.05) is 49.1 Å². The fraction of sp³-hybridized carbons (Fsp3) is 0.353. The maximum absolute atomic E-state index is 11.9. The van der Waals surface area contributed by atoms with Crippen LogP contribution in [0.4, 0.5) is 5.13 Å². The molecule has 0 spiro atoms. The third-order valence-corrected chi connectivity index (χ3v) is 5.29. The number of aromatic nitrogens is 4.